The predicted octanol–water partition coefficient (Wildman–Crippen LogP) is 1.95. The summed E-state index contributed by atoms with van der Waals surface area (Å²) in [6.07, 6.45) is 6.11. The largest absolute Gasteiger partial charge is 0.357 e. The molecule has 0 spiro atoms. The molecule has 2 heterocycles. The summed E-state index contributed by atoms with van der Waals surface area (Å²) in [5.74, 6) is 0. The molecule has 0 aliphatic carbocycles. The zero-order chi connectivity index (χ0) is 7.68. The molecule has 3 nitrogen and oxygen atoms in total. The Kier molecular flexibility index (Phi) is 1.96. The van der Waals surface area contributed by atoms with Gasteiger partial charge in [0, 0.05) is 12.8 Å². The second-order valence-corrected chi connectivity index (χ2v) is 3.52. The van der Waals surface area contributed by atoms with Crippen LogP contribution in [0.1, 0.15) is 19.1 Å². The van der Waals surface area contributed by atoms with Gasteiger partial charge in [0.1, 0.15) is 6.23 Å². The van der Waals surface area contributed by atoms with Crippen LogP contribution in [0.5, 0.6) is 0 Å². The summed E-state index contributed by atoms with van der Waals surface area (Å²) in [5.41, 5.74) is 0. The fraction of sp³-hybridized carbons (Fsp3) is 0.571. The smallest absolute Gasteiger partial charge is 0.150 e. The van der Waals surface area contributed by atoms with Crippen molar-refractivity contribution in [3.63, 3.8) is 0 Å². The van der Waals surface area contributed by atoms with E-state index in [2.05, 4.69) is 21.0 Å². The van der Waals surface area contributed by atoms with Crippen molar-refractivity contribution < 1.29 is 4.74 Å². The molecule has 0 aromatic carbocycles. The lowest BCUT2D eigenvalue weighted by atomic mass is 10.3. The third kappa shape index (κ3) is 1.46. The van der Waals surface area contributed by atoms with Gasteiger partial charge in [0.05, 0.1) is 10.7 Å². The van der Waals surface area contributed by atoms with Crippen LogP contribution in [-0.4, -0.2) is 16.4 Å². The molecule has 1 aromatic heterocycles. The van der Waals surface area contributed by atoms with Gasteiger partial charge in [-0.15, -0.1) is 0 Å². The van der Waals surface area contributed by atoms with Crippen molar-refractivity contribution in [2.75, 3.05) is 6.61 Å². The predicted molar refractivity (Wildman–Crippen MR) is 44.2 cm³/mol. The lowest BCUT2D eigenvalue weighted by molar-refractivity contribution is 0.0467. The van der Waals surface area contributed by atoms with Gasteiger partial charge in [0.2, 0.25) is 0 Å². The Morgan fingerprint density at radius 1 is 1.73 bits per heavy atom. The molecule has 0 radical (unpaired) electrons. The average Bonchev–Trinajstić information content (AvgIpc) is 2.55. The molecule has 0 bridgehead atoms. The summed E-state index contributed by atoms with van der Waals surface area (Å²) in [7, 11) is 0. The number of halogens is 1. The number of hydrogen-bond donors (Lipinski definition) is 0. The molecular formula is C7H9BrN2O. The quantitative estimate of drug-likeness (QED) is 0.718. The standard InChI is InChI=1S/C7H9BrN2O/c8-6-4-9-10(5-6)7-2-1-3-11-7/h4-5,7H,1-3H2/t7-/m0/s1. The van der Waals surface area contributed by atoms with Gasteiger partial charge in [-0.25, -0.2) is 4.68 Å². The van der Waals surface area contributed by atoms with E-state index in [0.717, 1.165) is 23.9 Å². The summed E-state index contributed by atoms with van der Waals surface area (Å²) < 4.78 is 8.30. The van der Waals surface area contributed by atoms with E-state index < -0.39 is 0 Å². The summed E-state index contributed by atoms with van der Waals surface area (Å²) >= 11 is 3.34. The summed E-state index contributed by atoms with van der Waals surface area (Å²) in [5, 5.41) is 4.14. The van der Waals surface area contributed by atoms with Gasteiger partial charge in [-0.3, -0.25) is 0 Å². The zero-order valence-corrected chi connectivity index (χ0v) is 7.62. The van der Waals surface area contributed by atoms with E-state index >= 15 is 0 Å². The van der Waals surface area contributed by atoms with Crippen LogP contribution in [0.2, 0.25) is 0 Å². The maximum Gasteiger partial charge on any atom is 0.150 e. The van der Waals surface area contributed by atoms with Crippen molar-refractivity contribution in [3.8, 4) is 0 Å². The van der Waals surface area contributed by atoms with E-state index in [9.17, 15) is 0 Å². The highest BCUT2D eigenvalue weighted by Crippen LogP contribution is 2.22. The summed E-state index contributed by atoms with van der Waals surface area (Å²) in [4.78, 5) is 0. The number of nitrogens with zero attached hydrogens (tertiary/aromatic N) is 2. The van der Waals surface area contributed by atoms with Crippen LogP contribution < -0.4 is 0 Å². The SMILES string of the molecule is Brc1cnn([C@@H]2CCCO2)c1. The van der Waals surface area contributed by atoms with Crippen LogP contribution in [0.4, 0.5) is 0 Å². The molecule has 1 saturated heterocycles. The molecule has 1 fully saturated rings. The molecule has 0 unspecified atom stereocenters. The Morgan fingerprint density at radius 3 is 3.18 bits per heavy atom. The molecule has 1 aliphatic rings. The number of aromatic nitrogens is 2. The van der Waals surface area contributed by atoms with Crippen LogP contribution in [0, 0.1) is 0 Å². The van der Waals surface area contributed by atoms with Gasteiger partial charge in [0.15, 0.2) is 0 Å². The molecule has 1 aliphatic heterocycles. The third-order valence-corrected chi connectivity index (χ3v) is 2.18. The van der Waals surface area contributed by atoms with Crippen LogP contribution in [0.15, 0.2) is 16.9 Å². The first-order valence-corrected chi connectivity index (χ1v) is 4.47. The Labute approximate surface area is 73.5 Å². The minimum atomic E-state index is 0.168. The maximum atomic E-state index is 5.43. The fourth-order valence-electron chi connectivity index (χ4n) is 1.24. The van der Waals surface area contributed by atoms with E-state index in [1.165, 1.54) is 0 Å². The van der Waals surface area contributed by atoms with Crippen molar-refractivity contribution in [3.05, 3.63) is 16.9 Å². The average molecular weight is 217 g/mol. The van der Waals surface area contributed by atoms with Gasteiger partial charge in [-0.1, -0.05) is 0 Å². The van der Waals surface area contributed by atoms with Crippen LogP contribution in [0.25, 0.3) is 0 Å². The van der Waals surface area contributed by atoms with Gasteiger partial charge >= 0.3 is 0 Å². The summed E-state index contributed by atoms with van der Waals surface area (Å²) in [6, 6.07) is 0. The van der Waals surface area contributed by atoms with Crippen molar-refractivity contribution in [1.82, 2.24) is 9.78 Å². The van der Waals surface area contributed by atoms with Gasteiger partial charge in [-0.05, 0) is 28.8 Å². The Hall–Kier alpha value is -0.350. The normalized spacial score (nSPS) is 24.3. The molecule has 1 aromatic rings. The topological polar surface area (TPSA) is 27.1 Å². The van der Waals surface area contributed by atoms with Crippen molar-refractivity contribution in [1.29, 1.82) is 0 Å². The van der Waals surface area contributed by atoms with Crippen molar-refractivity contribution in [2.45, 2.75) is 19.1 Å². The lowest BCUT2D eigenvalue weighted by Crippen LogP contribution is -2.06. The maximum absolute atomic E-state index is 5.43. The molecule has 4 heteroatoms. The summed E-state index contributed by atoms with van der Waals surface area (Å²) in [6.45, 7) is 0.863. The first-order chi connectivity index (χ1) is 5.36. The second kappa shape index (κ2) is 2.95. The van der Waals surface area contributed by atoms with Gasteiger partial charge < -0.3 is 4.74 Å². The third-order valence-electron chi connectivity index (χ3n) is 1.77. The molecular weight excluding hydrogens is 208 g/mol. The van der Waals surface area contributed by atoms with E-state index in [1.807, 2.05) is 10.9 Å². The minimum Gasteiger partial charge on any atom is -0.357 e. The van der Waals surface area contributed by atoms with Gasteiger partial charge in [-0.2, -0.15) is 5.10 Å². The van der Waals surface area contributed by atoms with E-state index in [1.54, 1.807) is 6.20 Å². The highest BCUT2D eigenvalue weighted by atomic mass is 79.9. The van der Waals surface area contributed by atoms with Crippen LogP contribution >= 0.6 is 15.9 Å². The first kappa shape index (κ1) is 7.31. The van der Waals surface area contributed by atoms with Gasteiger partial charge in [0.25, 0.3) is 0 Å². The van der Waals surface area contributed by atoms with E-state index in [4.69, 9.17) is 4.74 Å². The highest BCUT2D eigenvalue weighted by molar-refractivity contribution is 9.10. The number of ether oxygens (including phenoxy) is 1. The van der Waals surface area contributed by atoms with Crippen molar-refractivity contribution >= 4 is 15.9 Å². The molecule has 0 saturated carbocycles. The van der Waals surface area contributed by atoms with Crippen LogP contribution in [-0.2, 0) is 4.74 Å². The molecule has 0 amide bonds. The molecule has 1 atom stereocenters. The first-order valence-electron chi connectivity index (χ1n) is 3.67. The Balaban J connectivity index is 2.15. The zero-order valence-electron chi connectivity index (χ0n) is 6.03. The van der Waals surface area contributed by atoms with Crippen molar-refractivity contribution in [2.24, 2.45) is 0 Å². The van der Waals surface area contributed by atoms with E-state index in [-0.39, 0.29) is 6.23 Å². The minimum absolute atomic E-state index is 0.168. The second-order valence-electron chi connectivity index (χ2n) is 2.61. The number of rotatable bonds is 1. The molecule has 11 heavy (non-hydrogen) atoms. The molecule has 0 N–H and O–H groups in total. The monoisotopic (exact) mass is 216 g/mol. The number of hydrogen-bond acceptors (Lipinski definition) is 2. The van der Waals surface area contributed by atoms with Crippen LogP contribution in [0.3, 0.4) is 0 Å². The highest BCUT2D eigenvalue weighted by Gasteiger charge is 2.17. The Bertz CT molecular complexity index is 242. The lowest BCUT2D eigenvalue weighted by Gasteiger charge is -2.08. The molecule has 60 valence electrons. The van der Waals surface area contributed by atoms with E-state index in [0.29, 0.717) is 0 Å². The fourth-order valence-corrected chi connectivity index (χ4v) is 1.54. The molecule has 2 rings (SSSR count). The Morgan fingerprint density at radius 2 is 2.64 bits per heavy atom.